The lowest BCUT2D eigenvalue weighted by Gasteiger charge is -2.41. The van der Waals surface area contributed by atoms with Crippen LogP contribution in [0.3, 0.4) is 0 Å². The lowest BCUT2D eigenvalue weighted by molar-refractivity contribution is -0.171. The Morgan fingerprint density at radius 2 is 1.67 bits per heavy atom. The summed E-state index contributed by atoms with van der Waals surface area (Å²) in [5.41, 5.74) is 1.21. The predicted octanol–water partition coefficient (Wildman–Crippen LogP) is 3.13. The summed E-state index contributed by atoms with van der Waals surface area (Å²) >= 11 is 1.63. The average Bonchev–Trinajstić information content (AvgIpc) is 2.53. The zero-order valence-corrected chi connectivity index (χ0v) is 12.7. The molecule has 1 aliphatic rings. The van der Waals surface area contributed by atoms with Crippen molar-refractivity contribution in [2.45, 2.75) is 22.6 Å². The van der Waals surface area contributed by atoms with Gasteiger partial charge >= 0.3 is 0 Å². The number of aliphatic hydroxyl groups is 1. The van der Waals surface area contributed by atoms with Crippen LogP contribution in [0.2, 0.25) is 0 Å². The van der Waals surface area contributed by atoms with Gasteiger partial charge in [0.05, 0.1) is 12.6 Å². The van der Waals surface area contributed by atoms with Gasteiger partial charge in [0.15, 0.2) is 6.29 Å². The summed E-state index contributed by atoms with van der Waals surface area (Å²) in [7, 11) is 2.05. The molecule has 1 fully saturated rings. The molecule has 1 aliphatic heterocycles. The molecule has 1 heterocycles. The van der Waals surface area contributed by atoms with Crippen molar-refractivity contribution in [1.82, 2.24) is 4.90 Å². The van der Waals surface area contributed by atoms with Crippen LogP contribution in [-0.4, -0.2) is 35.3 Å². The van der Waals surface area contributed by atoms with Gasteiger partial charge in [0.2, 0.25) is 0 Å². The topological polar surface area (TPSA) is 32.7 Å². The Kier molecular flexibility index (Phi) is 4.60. The molecular weight excluding hydrogens is 282 g/mol. The van der Waals surface area contributed by atoms with Crippen molar-refractivity contribution in [3.05, 3.63) is 66.2 Å². The Bertz CT molecular complexity index is 564. The number of hydrogen-bond acceptors (Lipinski definition) is 4. The number of aliphatic hydroxyl groups excluding tert-OH is 1. The highest BCUT2D eigenvalue weighted by atomic mass is 32.2. The zero-order valence-electron chi connectivity index (χ0n) is 11.9. The number of morpholine rings is 1. The van der Waals surface area contributed by atoms with Gasteiger partial charge < -0.3 is 9.84 Å². The Labute approximate surface area is 129 Å². The minimum atomic E-state index is -0.778. The minimum Gasteiger partial charge on any atom is -0.366 e. The quantitative estimate of drug-likeness (QED) is 0.944. The molecule has 0 spiro atoms. The molecule has 2 aromatic carbocycles. The van der Waals surface area contributed by atoms with Crippen LogP contribution < -0.4 is 0 Å². The molecule has 1 N–H and O–H groups in total. The highest BCUT2D eigenvalue weighted by Gasteiger charge is 2.36. The molecule has 2 aromatic rings. The fourth-order valence-electron chi connectivity index (χ4n) is 2.55. The van der Waals surface area contributed by atoms with Crippen molar-refractivity contribution in [2.75, 3.05) is 13.7 Å². The number of ether oxygens (including phenoxy) is 1. The van der Waals surface area contributed by atoms with Gasteiger partial charge in [-0.05, 0) is 24.7 Å². The highest BCUT2D eigenvalue weighted by molar-refractivity contribution is 8.00. The van der Waals surface area contributed by atoms with E-state index in [0.717, 1.165) is 4.90 Å². The first-order valence-corrected chi connectivity index (χ1v) is 7.92. The Hall–Kier alpha value is -1.33. The fourth-order valence-corrected chi connectivity index (χ4v) is 3.66. The van der Waals surface area contributed by atoms with Crippen LogP contribution in [0, 0.1) is 0 Å². The molecule has 3 atom stereocenters. The maximum atomic E-state index is 10.2. The number of thioether (sulfide) groups is 1. The third kappa shape index (κ3) is 3.30. The minimum absolute atomic E-state index is 0.119. The van der Waals surface area contributed by atoms with E-state index >= 15 is 0 Å². The van der Waals surface area contributed by atoms with E-state index in [9.17, 15) is 5.11 Å². The second-order valence-electron chi connectivity index (χ2n) is 5.14. The van der Waals surface area contributed by atoms with E-state index < -0.39 is 6.29 Å². The largest absolute Gasteiger partial charge is 0.366 e. The molecule has 110 valence electrons. The van der Waals surface area contributed by atoms with Gasteiger partial charge in [-0.2, -0.15) is 0 Å². The van der Waals surface area contributed by atoms with Gasteiger partial charge in [0.1, 0.15) is 5.37 Å². The van der Waals surface area contributed by atoms with Gasteiger partial charge in [0.25, 0.3) is 0 Å². The van der Waals surface area contributed by atoms with Crippen LogP contribution in [0.1, 0.15) is 11.6 Å². The van der Waals surface area contributed by atoms with E-state index in [2.05, 4.69) is 29.2 Å². The second-order valence-corrected chi connectivity index (χ2v) is 6.33. The monoisotopic (exact) mass is 301 g/mol. The highest BCUT2D eigenvalue weighted by Crippen LogP contribution is 2.36. The zero-order chi connectivity index (χ0) is 14.7. The molecule has 0 bridgehead atoms. The van der Waals surface area contributed by atoms with Crippen molar-refractivity contribution in [1.29, 1.82) is 0 Å². The van der Waals surface area contributed by atoms with E-state index in [0.29, 0.717) is 6.61 Å². The van der Waals surface area contributed by atoms with Gasteiger partial charge in [-0.25, -0.2) is 0 Å². The second kappa shape index (κ2) is 6.62. The van der Waals surface area contributed by atoms with Crippen LogP contribution >= 0.6 is 11.8 Å². The molecule has 0 aliphatic carbocycles. The molecule has 0 amide bonds. The van der Waals surface area contributed by atoms with Gasteiger partial charge in [-0.15, -0.1) is 11.8 Å². The number of nitrogens with zero attached hydrogens (tertiary/aromatic N) is 1. The molecule has 4 heteroatoms. The van der Waals surface area contributed by atoms with Crippen LogP contribution in [-0.2, 0) is 4.74 Å². The van der Waals surface area contributed by atoms with Crippen LogP contribution in [0.15, 0.2) is 65.6 Å². The molecule has 21 heavy (non-hydrogen) atoms. The number of hydrogen-bond donors (Lipinski definition) is 1. The third-order valence-electron chi connectivity index (χ3n) is 3.75. The van der Waals surface area contributed by atoms with E-state index in [1.54, 1.807) is 11.8 Å². The normalized spacial score (nSPS) is 26.7. The molecule has 0 unspecified atom stereocenters. The molecule has 0 aromatic heterocycles. The molecule has 1 saturated heterocycles. The average molecular weight is 301 g/mol. The first-order valence-electron chi connectivity index (χ1n) is 7.04. The van der Waals surface area contributed by atoms with Crippen molar-refractivity contribution in [2.24, 2.45) is 0 Å². The van der Waals surface area contributed by atoms with Gasteiger partial charge in [-0.3, -0.25) is 4.90 Å². The van der Waals surface area contributed by atoms with E-state index in [1.165, 1.54) is 5.56 Å². The van der Waals surface area contributed by atoms with Crippen molar-refractivity contribution < 1.29 is 9.84 Å². The lowest BCUT2D eigenvalue weighted by atomic mass is 10.1. The van der Waals surface area contributed by atoms with Crippen molar-refractivity contribution in [3.8, 4) is 0 Å². The molecule has 3 nitrogen and oxygen atoms in total. The molecule has 3 rings (SSSR count). The lowest BCUT2D eigenvalue weighted by Crippen LogP contribution is -2.49. The summed E-state index contributed by atoms with van der Waals surface area (Å²) < 4.78 is 5.59. The SMILES string of the molecule is CN1[C@H](Sc2ccccc2)[C@H](O)OC[C@H]1c1ccccc1. The maximum absolute atomic E-state index is 10.2. The van der Waals surface area contributed by atoms with Crippen molar-refractivity contribution in [3.63, 3.8) is 0 Å². The third-order valence-corrected chi connectivity index (χ3v) is 5.10. The summed E-state index contributed by atoms with van der Waals surface area (Å²) in [5.74, 6) is 0. The summed E-state index contributed by atoms with van der Waals surface area (Å²) in [6.07, 6.45) is -0.778. The Morgan fingerprint density at radius 3 is 2.33 bits per heavy atom. The summed E-state index contributed by atoms with van der Waals surface area (Å²) in [4.78, 5) is 3.33. The van der Waals surface area contributed by atoms with E-state index in [1.807, 2.05) is 43.4 Å². The van der Waals surface area contributed by atoms with Crippen molar-refractivity contribution >= 4 is 11.8 Å². The standard InChI is InChI=1S/C17H19NO2S/c1-18-15(13-8-4-2-5-9-13)12-20-17(19)16(18)21-14-10-6-3-7-11-14/h2-11,15-17,19H,12H2,1H3/t15-,16+,17+/m0/s1. The number of likely N-dealkylation sites (N-methyl/N-ethyl adjacent to an activating group) is 1. The predicted molar refractivity (Wildman–Crippen MR) is 85.0 cm³/mol. The number of benzene rings is 2. The first kappa shape index (κ1) is 14.6. The van der Waals surface area contributed by atoms with E-state index in [4.69, 9.17) is 4.74 Å². The van der Waals surface area contributed by atoms with Crippen LogP contribution in [0.5, 0.6) is 0 Å². The fraction of sp³-hybridized carbons (Fsp3) is 0.294. The van der Waals surface area contributed by atoms with Crippen LogP contribution in [0.4, 0.5) is 0 Å². The maximum Gasteiger partial charge on any atom is 0.180 e. The van der Waals surface area contributed by atoms with Gasteiger partial charge in [0, 0.05) is 4.90 Å². The molecule has 0 saturated carbocycles. The summed E-state index contributed by atoms with van der Waals surface area (Å²) in [6.45, 7) is 0.507. The summed E-state index contributed by atoms with van der Waals surface area (Å²) in [6, 6.07) is 20.6. The first-order chi connectivity index (χ1) is 10.3. The molecule has 0 radical (unpaired) electrons. The van der Waals surface area contributed by atoms with Crippen LogP contribution in [0.25, 0.3) is 0 Å². The molecular formula is C17H19NO2S. The Morgan fingerprint density at radius 1 is 1.05 bits per heavy atom. The smallest absolute Gasteiger partial charge is 0.180 e. The Balaban J connectivity index is 1.79. The van der Waals surface area contributed by atoms with Gasteiger partial charge in [-0.1, -0.05) is 48.5 Å². The van der Waals surface area contributed by atoms with E-state index in [-0.39, 0.29) is 11.4 Å². The number of rotatable bonds is 3. The summed E-state index contributed by atoms with van der Waals surface area (Å²) in [5, 5.41) is 10.1.